The number of halogens is 4. The van der Waals surface area contributed by atoms with Crippen LogP contribution in [0.25, 0.3) is 11.3 Å². The summed E-state index contributed by atoms with van der Waals surface area (Å²) in [6, 6.07) is 2.37. The molecule has 0 spiro atoms. The van der Waals surface area contributed by atoms with Gasteiger partial charge in [-0.3, -0.25) is 19.4 Å². The van der Waals surface area contributed by atoms with E-state index in [0.29, 0.717) is 18.2 Å². The molecule has 1 amide bonds. The zero-order chi connectivity index (χ0) is 31.8. The van der Waals surface area contributed by atoms with E-state index >= 15 is 0 Å². The van der Waals surface area contributed by atoms with Gasteiger partial charge in [0.25, 0.3) is 12.3 Å². The standard InChI is InChI=1S/C30H31ClF3N9O2/c1-16(18-9-36-30(37-10-18)42-8-6-25(42)17(2)41-7-5-20(44)15-41)43-14-19(11-38-43)39-29(45)24-13-35-12-23(40-24)26-21(28(33)34)3-4-22(31)27(26)32/h3-4,9-14,16-17,20,25,28,44H,5-8,15H2,1-2H3,(H,39,45)/t16?,17-,20+,25+/m1/s1. The van der Waals surface area contributed by atoms with Crippen molar-refractivity contribution in [3.63, 3.8) is 0 Å². The summed E-state index contributed by atoms with van der Waals surface area (Å²) in [5.41, 5.74) is -0.429. The Morgan fingerprint density at radius 3 is 2.53 bits per heavy atom. The van der Waals surface area contributed by atoms with Crippen LogP contribution in [0, 0.1) is 5.82 Å². The first-order valence-electron chi connectivity index (χ1n) is 14.6. The third kappa shape index (κ3) is 6.22. The molecule has 0 aliphatic carbocycles. The number of hydrogen-bond donors (Lipinski definition) is 2. The Balaban J connectivity index is 1.11. The monoisotopic (exact) mass is 641 g/mol. The van der Waals surface area contributed by atoms with E-state index < -0.39 is 29.3 Å². The Hall–Kier alpha value is -4.14. The molecule has 2 saturated heterocycles. The van der Waals surface area contributed by atoms with Crippen LogP contribution in [0.3, 0.4) is 0 Å². The average Bonchev–Trinajstić information content (AvgIpc) is 3.67. The van der Waals surface area contributed by atoms with Gasteiger partial charge in [-0.25, -0.2) is 28.1 Å². The lowest BCUT2D eigenvalue weighted by Crippen LogP contribution is -2.58. The number of aromatic nitrogens is 6. The number of rotatable bonds is 9. The number of hydrogen-bond acceptors (Lipinski definition) is 9. The van der Waals surface area contributed by atoms with E-state index in [1.807, 2.05) is 6.92 Å². The lowest BCUT2D eigenvalue weighted by molar-refractivity contribution is 0.102. The summed E-state index contributed by atoms with van der Waals surface area (Å²) >= 11 is 5.82. The Bertz CT molecular complexity index is 1690. The Morgan fingerprint density at radius 2 is 1.87 bits per heavy atom. The highest BCUT2D eigenvalue weighted by atomic mass is 35.5. The number of carbonyl (C=O) groups is 1. The Labute approximate surface area is 262 Å². The lowest BCUT2D eigenvalue weighted by Gasteiger charge is -2.47. The van der Waals surface area contributed by atoms with Crippen molar-refractivity contribution >= 4 is 29.1 Å². The van der Waals surface area contributed by atoms with Crippen LogP contribution in [0.2, 0.25) is 5.02 Å². The highest BCUT2D eigenvalue weighted by Gasteiger charge is 2.39. The fraction of sp³-hybridized carbons (Fsp3) is 0.400. The number of carbonyl (C=O) groups excluding carboxylic acids is 1. The molecule has 236 valence electrons. The number of aliphatic hydroxyl groups is 1. The molecular weight excluding hydrogens is 611 g/mol. The van der Waals surface area contributed by atoms with Gasteiger partial charge in [0.2, 0.25) is 5.95 Å². The van der Waals surface area contributed by atoms with Gasteiger partial charge in [-0.2, -0.15) is 5.10 Å². The summed E-state index contributed by atoms with van der Waals surface area (Å²) in [4.78, 5) is 34.7. The zero-order valence-electron chi connectivity index (χ0n) is 24.5. The van der Waals surface area contributed by atoms with E-state index in [9.17, 15) is 23.1 Å². The first kappa shape index (κ1) is 30.9. The number of benzene rings is 1. The van der Waals surface area contributed by atoms with Crippen molar-refractivity contribution in [3.8, 4) is 11.3 Å². The Kier molecular flexibility index (Phi) is 8.71. The summed E-state index contributed by atoms with van der Waals surface area (Å²) in [5, 5.41) is 16.6. The summed E-state index contributed by atoms with van der Waals surface area (Å²) < 4.78 is 43.5. The minimum atomic E-state index is -2.99. The van der Waals surface area contributed by atoms with Crippen LogP contribution < -0.4 is 10.2 Å². The second kappa shape index (κ2) is 12.7. The van der Waals surface area contributed by atoms with E-state index in [-0.39, 0.29) is 40.6 Å². The molecule has 0 radical (unpaired) electrons. The number of β-amino-alcohol motifs (C(OH)–C–C–N with tert-alkyl or cyclic N) is 1. The van der Waals surface area contributed by atoms with Gasteiger partial charge >= 0.3 is 0 Å². The summed E-state index contributed by atoms with van der Waals surface area (Å²) in [6.07, 6.45) is 7.42. The fourth-order valence-electron chi connectivity index (χ4n) is 5.80. The number of nitrogens with zero attached hydrogens (tertiary/aromatic N) is 8. The predicted octanol–water partition coefficient (Wildman–Crippen LogP) is 4.76. The maximum absolute atomic E-state index is 14.7. The molecule has 0 bridgehead atoms. The molecule has 15 heteroatoms. The SMILES string of the molecule is CC(c1cnc(N2CC[C@H]2[C@@H](C)N2CC[C@H](O)C2)nc1)n1cc(NC(=O)c2cncc(-c3c(C(F)F)ccc(Cl)c3F)n2)cn1. The van der Waals surface area contributed by atoms with Crippen LogP contribution in [-0.2, 0) is 0 Å². The maximum Gasteiger partial charge on any atom is 0.275 e. The molecule has 2 aliphatic rings. The highest BCUT2D eigenvalue weighted by Crippen LogP contribution is 2.35. The largest absolute Gasteiger partial charge is 0.392 e. The van der Waals surface area contributed by atoms with Gasteiger partial charge in [-0.1, -0.05) is 17.7 Å². The van der Waals surface area contributed by atoms with E-state index in [0.717, 1.165) is 56.0 Å². The molecule has 4 aromatic rings. The normalized spacial score (nSPS) is 19.9. The van der Waals surface area contributed by atoms with Crippen LogP contribution in [0.15, 0.2) is 49.3 Å². The molecule has 1 unspecified atom stereocenters. The van der Waals surface area contributed by atoms with Gasteiger partial charge in [-0.15, -0.1) is 0 Å². The third-order valence-corrected chi connectivity index (χ3v) is 8.82. The topological polar surface area (TPSA) is 125 Å². The van der Waals surface area contributed by atoms with Crippen LogP contribution in [0.4, 0.5) is 24.8 Å². The minimum absolute atomic E-state index is 0.212. The van der Waals surface area contributed by atoms with Gasteiger partial charge in [0, 0.05) is 67.0 Å². The van der Waals surface area contributed by atoms with Crippen molar-refractivity contribution < 1.29 is 23.1 Å². The average molecular weight is 642 g/mol. The van der Waals surface area contributed by atoms with Gasteiger partial charge in [-0.05, 0) is 32.8 Å². The highest BCUT2D eigenvalue weighted by molar-refractivity contribution is 6.31. The molecule has 45 heavy (non-hydrogen) atoms. The molecular formula is C30H31ClF3N9O2. The van der Waals surface area contributed by atoms with Gasteiger partial charge < -0.3 is 15.3 Å². The van der Waals surface area contributed by atoms with Crippen molar-refractivity contribution in [3.05, 3.63) is 77.0 Å². The molecule has 0 saturated carbocycles. The maximum atomic E-state index is 14.7. The van der Waals surface area contributed by atoms with E-state index in [1.54, 1.807) is 23.3 Å². The second-order valence-electron chi connectivity index (χ2n) is 11.3. The number of nitrogens with one attached hydrogen (secondary N) is 1. The molecule has 11 nitrogen and oxygen atoms in total. The van der Waals surface area contributed by atoms with Crippen molar-refractivity contribution in [2.75, 3.05) is 29.9 Å². The van der Waals surface area contributed by atoms with Crippen LogP contribution in [-0.4, -0.2) is 83.5 Å². The van der Waals surface area contributed by atoms with Gasteiger partial charge in [0.1, 0.15) is 5.69 Å². The predicted molar refractivity (Wildman–Crippen MR) is 161 cm³/mol. The number of amides is 1. The van der Waals surface area contributed by atoms with Crippen molar-refractivity contribution in [2.24, 2.45) is 0 Å². The molecule has 2 N–H and O–H groups in total. The molecule has 2 fully saturated rings. The zero-order valence-corrected chi connectivity index (χ0v) is 25.2. The molecule has 3 aromatic heterocycles. The van der Waals surface area contributed by atoms with Crippen LogP contribution in [0.1, 0.15) is 60.8 Å². The van der Waals surface area contributed by atoms with Crippen LogP contribution >= 0.6 is 11.6 Å². The van der Waals surface area contributed by atoms with Gasteiger partial charge in [0.05, 0.1) is 47.1 Å². The fourth-order valence-corrected chi connectivity index (χ4v) is 5.96. The molecule has 6 rings (SSSR count). The quantitative estimate of drug-likeness (QED) is 0.266. The first-order chi connectivity index (χ1) is 21.6. The number of alkyl halides is 2. The van der Waals surface area contributed by atoms with Crippen molar-refractivity contribution in [1.29, 1.82) is 0 Å². The molecule has 2 aliphatic heterocycles. The summed E-state index contributed by atoms with van der Waals surface area (Å²) in [7, 11) is 0. The summed E-state index contributed by atoms with van der Waals surface area (Å²) in [5.74, 6) is -1.11. The number of anilines is 2. The number of aliphatic hydroxyl groups excluding tert-OH is 1. The minimum Gasteiger partial charge on any atom is -0.392 e. The smallest absolute Gasteiger partial charge is 0.275 e. The van der Waals surface area contributed by atoms with Gasteiger partial charge in [0.15, 0.2) is 5.82 Å². The Morgan fingerprint density at radius 1 is 1.09 bits per heavy atom. The molecule has 1 aromatic carbocycles. The third-order valence-electron chi connectivity index (χ3n) is 8.53. The van der Waals surface area contributed by atoms with E-state index in [1.165, 1.54) is 6.20 Å². The first-order valence-corrected chi connectivity index (χ1v) is 14.9. The van der Waals surface area contributed by atoms with Crippen molar-refractivity contribution in [1.82, 2.24) is 34.6 Å². The summed E-state index contributed by atoms with van der Waals surface area (Å²) in [6.45, 7) is 6.56. The molecule has 5 heterocycles. The van der Waals surface area contributed by atoms with Crippen LogP contribution in [0.5, 0.6) is 0 Å². The van der Waals surface area contributed by atoms with Crippen molar-refractivity contribution in [2.45, 2.75) is 57.3 Å². The number of likely N-dealkylation sites (tertiary alicyclic amines) is 1. The lowest BCUT2D eigenvalue weighted by atomic mass is 9.95. The van der Waals surface area contributed by atoms with E-state index in [2.05, 4.69) is 47.1 Å². The van der Waals surface area contributed by atoms with E-state index in [4.69, 9.17) is 11.6 Å². The second-order valence-corrected chi connectivity index (χ2v) is 11.7. The molecule has 4 atom stereocenters.